The van der Waals surface area contributed by atoms with Crippen molar-refractivity contribution in [1.82, 2.24) is 0 Å². The van der Waals surface area contributed by atoms with Crippen molar-refractivity contribution in [3.8, 4) is 0 Å². The van der Waals surface area contributed by atoms with Crippen LogP contribution < -0.4 is 5.73 Å². The molecule has 6 N–H and O–H groups in total. The Kier molecular flexibility index (Phi) is 6.74. The fourth-order valence-corrected chi connectivity index (χ4v) is 2.08. The average molecular weight is 394 g/mol. The van der Waals surface area contributed by atoms with Gasteiger partial charge in [0.15, 0.2) is 5.56 Å². The van der Waals surface area contributed by atoms with Crippen LogP contribution in [0, 0.1) is 10.1 Å². The molecule has 2 aromatic carbocycles. The summed E-state index contributed by atoms with van der Waals surface area (Å²) in [6.45, 7) is 0. The fraction of sp³-hybridized carbons (Fsp3) is 0. The van der Waals surface area contributed by atoms with Crippen molar-refractivity contribution in [3.05, 3.63) is 68.8 Å². The Morgan fingerprint density at radius 2 is 1.18 bits per heavy atom. The van der Waals surface area contributed by atoms with E-state index in [4.69, 9.17) is 26.2 Å². The Bertz CT molecular complexity index is 951. The Labute approximate surface area is 155 Å². The van der Waals surface area contributed by atoms with E-state index in [9.17, 15) is 29.3 Å². The van der Waals surface area contributed by atoms with Crippen LogP contribution >= 0.6 is 0 Å². The zero-order valence-corrected chi connectivity index (χ0v) is 13.7. The van der Waals surface area contributed by atoms with Crippen LogP contribution in [-0.4, -0.2) is 49.2 Å². The van der Waals surface area contributed by atoms with Gasteiger partial charge in [0.05, 0.1) is 21.6 Å². The van der Waals surface area contributed by atoms with Crippen molar-refractivity contribution in [2.24, 2.45) is 0 Å². The van der Waals surface area contributed by atoms with Gasteiger partial charge in [-0.1, -0.05) is 12.1 Å². The maximum Gasteiger partial charge on any atom is 0.343 e. The molecule has 0 amide bonds. The molecule has 0 radical (unpaired) electrons. The molecule has 0 atom stereocenters. The molecule has 146 valence electrons. The Balaban J connectivity index is 0.000000283. The number of nitrogen functional groups attached to an aromatic ring is 1. The predicted molar refractivity (Wildman–Crippen MR) is 91.8 cm³/mol. The molecule has 0 spiro atoms. The van der Waals surface area contributed by atoms with E-state index in [2.05, 4.69) is 0 Å². The van der Waals surface area contributed by atoms with Gasteiger partial charge in [0.1, 0.15) is 0 Å². The van der Waals surface area contributed by atoms with Gasteiger partial charge in [-0.05, 0) is 18.2 Å². The summed E-state index contributed by atoms with van der Waals surface area (Å²) in [6, 6.07) is 6.99. The van der Waals surface area contributed by atoms with Gasteiger partial charge in [0.25, 0.3) is 5.69 Å². The van der Waals surface area contributed by atoms with Gasteiger partial charge in [-0.25, -0.2) is 19.2 Å². The standard InChI is InChI=1S/C8H5NO6.C8H7NO4/c10-7(11)4-2-1-3-5(9(14)15)6(4)8(12)13;9-5-3-1-2-4(7(10)11)6(5)8(12)13/h1-3H,(H,10,11)(H,12,13);1-3H,9H2,(H,10,11)(H,12,13)/i2*9+1. The second-order valence-electron chi connectivity index (χ2n) is 4.95. The topological polar surface area (TPSA) is 218 Å². The molecule has 2 aromatic rings. The summed E-state index contributed by atoms with van der Waals surface area (Å²) in [7, 11) is 0. The molecule has 0 fully saturated rings. The lowest BCUT2D eigenvalue weighted by Gasteiger charge is -2.03. The summed E-state index contributed by atoms with van der Waals surface area (Å²) < 4.78 is 0. The molecule has 12 nitrogen and oxygen atoms in total. The monoisotopic (exact) mass is 394 g/mol. The average Bonchev–Trinajstić information content (AvgIpc) is 2.60. The van der Waals surface area contributed by atoms with E-state index >= 15 is 0 Å². The highest BCUT2D eigenvalue weighted by molar-refractivity contribution is 6.05. The van der Waals surface area contributed by atoms with E-state index in [1.165, 1.54) is 18.2 Å². The van der Waals surface area contributed by atoms with Gasteiger partial charge >= 0.3 is 23.9 Å². The first-order valence-electron chi connectivity index (χ1n) is 7.08. The molecule has 28 heavy (non-hydrogen) atoms. The van der Waals surface area contributed by atoms with Crippen LogP contribution in [0.25, 0.3) is 0 Å². The number of carboxylic acid groups (broad SMARTS) is 4. The molecule has 0 aromatic heterocycles. The summed E-state index contributed by atoms with van der Waals surface area (Å²) in [5.41, 5.74) is 2.46. The summed E-state index contributed by atoms with van der Waals surface area (Å²) in [5, 5.41) is 45.0. The molecule has 0 bridgehead atoms. The van der Waals surface area contributed by atoms with Gasteiger partial charge in [0, 0.05) is 11.8 Å². The zero-order chi connectivity index (χ0) is 21.6. The highest BCUT2D eigenvalue weighted by Gasteiger charge is 2.26. The molecule has 0 saturated heterocycles. The van der Waals surface area contributed by atoms with Crippen LogP contribution in [0.1, 0.15) is 41.4 Å². The molecule has 2 rings (SSSR count). The Morgan fingerprint density at radius 3 is 1.54 bits per heavy atom. The fourth-order valence-electron chi connectivity index (χ4n) is 2.08. The maximum absolute atomic E-state index is 10.7. The third-order valence-corrected chi connectivity index (χ3v) is 3.22. The number of benzene rings is 2. The number of hydrogen-bond donors (Lipinski definition) is 5. The van der Waals surface area contributed by atoms with Gasteiger partial charge in [-0.3, -0.25) is 10.1 Å². The second-order valence-corrected chi connectivity index (χ2v) is 4.95. The van der Waals surface area contributed by atoms with E-state index in [0.717, 1.165) is 18.2 Å². The van der Waals surface area contributed by atoms with Crippen molar-refractivity contribution in [3.63, 3.8) is 0 Å². The number of anilines is 1. The molecule has 0 aliphatic rings. The highest BCUT2D eigenvalue weighted by Crippen LogP contribution is 2.22. The van der Waals surface area contributed by atoms with Crippen LogP contribution in [0.2, 0.25) is 0 Å². The number of nitro groups is 1. The lowest BCUT2D eigenvalue weighted by Crippen LogP contribution is -2.10. The third kappa shape index (κ3) is 4.78. The lowest BCUT2D eigenvalue weighted by molar-refractivity contribution is -0.385. The van der Waals surface area contributed by atoms with Crippen molar-refractivity contribution >= 4 is 35.3 Å². The minimum absolute atomic E-state index is 0.0487. The Hall–Kier alpha value is -4.48. The minimum Gasteiger partial charge on any atom is -0.478 e. The number of nitro benzene ring substituents is 1. The molecule has 0 heterocycles. The minimum atomic E-state index is -1.64. The van der Waals surface area contributed by atoms with Gasteiger partial charge in [-0.15, -0.1) is 0 Å². The molecule has 0 saturated carbocycles. The van der Waals surface area contributed by atoms with Crippen molar-refractivity contribution in [1.29, 1.82) is 0 Å². The molecular weight excluding hydrogens is 382 g/mol. The molecule has 0 unspecified atom stereocenters. The highest BCUT2D eigenvalue weighted by atomic mass is 16.9. The van der Waals surface area contributed by atoms with Gasteiger partial charge in [0.2, 0.25) is 0 Å². The van der Waals surface area contributed by atoms with Crippen molar-refractivity contribution in [2.75, 3.05) is 5.73 Å². The van der Waals surface area contributed by atoms with Crippen molar-refractivity contribution in [2.45, 2.75) is 0 Å². The van der Waals surface area contributed by atoms with Crippen LogP contribution in [-0.2, 0) is 0 Å². The lowest BCUT2D eigenvalue weighted by atomic mass is 10.1. The number of hydrogen-bond acceptors (Lipinski definition) is 7. The first-order valence-corrected chi connectivity index (χ1v) is 7.08. The number of nitrogens with zero attached hydrogens (tertiary/aromatic N) is 1. The summed E-state index contributed by atoms with van der Waals surface area (Å²) in [6.07, 6.45) is 0. The van der Waals surface area contributed by atoms with E-state index < -0.39 is 45.6 Å². The van der Waals surface area contributed by atoms with E-state index in [0.29, 0.717) is 0 Å². The maximum atomic E-state index is 10.7. The summed E-state index contributed by atoms with van der Waals surface area (Å²) >= 11 is 0. The van der Waals surface area contributed by atoms with E-state index in [1.807, 2.05) is 0 Å². The van der Waals surface area contributed by atoms with E-state index in [1.54, 1.807) is 0 Å². The summed E-state index contributed by atoms with van der Waals surface area (Å²) in [4.78, 5) is 52.0. The Morgan fingerprint density at radius 1 is 0.750 bits per heavy atom. The quantitative estimate of drug-likeness (QED) is 0.212. The normalized spacial score (nSPS) is 9.57. The smallest absolute Gasteiger partial charge is 0.343 e. The SMILES string of the molecule is O=C(O)c1cccc([15N+](=O)[O-])c1C(=O)O.[15NH2]c1cccc(C(=O)O)c1C(=O)O. The van der Waals surface area contributed by atoms with E-state index in [-0.39, 0.29) is 16.8 Å². The largest absolute Gasteiger partial charge is 0.478 e. The number of aromatic carboxylic acids is 4. The van der Waals surface area contributed by atoms with Gasteiger partial charge in [-0.2, -0.15) is 0 Å². The molecule has 0 aliphatic heterocycles. The number of rotatable bonds is 5. The number of carboxylic acids is 4. The van der Waals surface area contributed by atoms with Gasteiger partial charge < -0.3 is 26.2 Å². The first-order chi connectivity index (χ1) is 13.0. The second kappa shape index (κ2) is 8.75. The molecular formula is C16H12N2O10. The first kappa shape index (κ1) is 21.6. The van der Waals surface area contributed by atoms with Crippen LogP contribution in [0.3, 0.4) is 0 Å². The third-order valence-electron chi connectivity index (χ3n) is 3.22. The van der Waals surface area contributed by atoms with Crippen LogP contribution in [0.4, 0.5) is 11.4 Å². The molecule has 0 aliphatic carbocycles. The number of carbonyl (C=O) groups is 4. The zero-order valence-electron chi connectivity index (χ0n) is 13.7. The predicted octanol–water partition coefficient (Wildman–Crippen LogP) is 1.66. The van der Waals surface area contributed by atoms with Crippen molar-refractivity contribution < 1.29 is 44.5 Å². The molecule has 12 heteroatoms. The van der Waals surface area contributed by atoms with Crippen LogP contribution in [0.5, 0.6) is 0 Å². The number of nitrogens with two attached hydrogens (primary N) is 1. The van der Waals surface area contributed by atoms with Crippen LogP contribution in [0.15, 0.2) is 36.4 Å². The summed E-state index contributed by atoms with van der Waals surface area (Å²) in [5.74, 6) is -5.80.